The molecule has 5 rings (SSSR count). The predicted octanol–water partition coefficient (Wildman–Crippen LogP) is 2.91. The van der Waals surface area contributed by atoms with E-state index in [1.165, 1.54) is 16.9 Å². The molecule has 4 aromatic rings. The van der Waals surface area contributed by atoms with Crippen LogP contribution in [-0.4, -0.2) is 24.3 Å². The minimum atomic E-state index is -0.749. The molecule has 0 spiro atoms. The number of nitrogens with zero attached hydrogens (tertiary/aromatic N) is 2. The average Bonchev–Trinajstić information content (AvgIpc) is 3.19. The lowest BCUT2D eigenvalue weighted by molar-refractivity contribution is -0.139. The third kappa shape index (κ3) is 3.97. The summed E-state index contributed by atoms with van der Waals surface area (Å²) in [5.41, 5.74) is 1.56. The molecule has 2 aromatic carbocycles. The molecule has 8 nitrogen and oxygen atoms in total. The number of allylic oxidation sites excluding steroid dienone is 1. The molecule has 1 aliphatic rings. The van der Waals surface area contributed by atoms with Gasteiger partial charge in [0.05, 0.1) is 46.5 Å². The summed E-state index contributed by atoms with van der Waals surface area (Å²) in [5.74, 6) is 0.108. The fraction of sp³-hybridized carbons (Fsp3) is 0.185. The zero-order valence-electron chi connectivity index (χ0n) is 19.8. The van der Waals surface area contributed by atoms with E-state index in [4.69, 9.17) is 13.9 Å². The number of hydrogen-bond acceptors (Lipinski definition) is 8. The number of methoxy groups -OCH3 is 1. The minimum Gasteiger partial charge on any atom is -0.497 e. The van der Waals surface area contributed by atoms with Gasteiger partial charge < -0.3 is 13.9 Å². The average molecular weight is 503 g/mol. The van der Waals surface area contributed by atoms with Gasteiger partial charge in [-0.25, -0.2) is 9.79 Å². The summed E-state index contributed by atoms with van der Waals surface area (Å²) in [5, 5.41) is 0.426. The number of carbonyl (C=O) groups is 1. The van der Waals surface area contributed by atoms with E-state index in [0.29, 0.717) is 37.3 Å². The largest absolute Gasteiger partial charge is 0.497 e. The molecule has 0 amide bonds. The highest BCUT2D eigenvalue weighted by atomic mass is 32.1. The van der Waals surface area contributed by atoms with E-state index in [2.05, 4.69) is 4.99 Å². The molecule has 1 unspecified atom stereocenters. The molecule has 0 saturated carbocycles. The number of esters is 1. The van der Waals surface area contributed by atoms with Crippen molar-refractivity contribution in [3.8, 4) is 5.75 Å². The maximum Gasteiger partial charge on any atom is 0.338 e. The highest BCUT2D eigenvalue weighted by molar-refractivity contribution is 7.07. The topological polar surface area (TPSA) is 100 Å². The van der Waals surface area contributed by atoms with Gasteiger partial charge in [0.15, 0.2) is 10.2 Å². The smallest absolute Gasteiger partial charge is 0.338 e. The fourth-order valence-corrected chi connectivity index (χ4v) is 5.26. The Balaban J connectivity index is 1.73. The van der Waals surface area contributed by atoms with Gasteiger partial charge in [-0.15, -0.1) is 0 Å². The standard InChI is InChI=1S/C27H22N2O6S/c1-4-34-26(32)22-15(2)28-27-29(23(22)16-9-11-18(33-3)12-10-16)25(31)21(36-27)13-17-14-35-20-8-6-5-7-19(20)24(17)30/h5-14,23H,4H2,1-3H3. The summed E-state index contributed by atoms with van der Waals surface area (Å²) in [7, 11) is 1.57. The molecular formula is C27H22N2O6S. The number of hydrogen-bond donors (Lipinski definition) is 0. The molecule has 1 atom stereocenters. The number of para-hydroxylation sites is 1. The number of benzene rings is 2. The molecule has 36 heavy (non-hydrogen) atoms. The normalized spacial score (nSPS) is 15.5. The van der Waals surface area contributed by atoms with Crippen LogP contribution in [-0.2, 0) is 9.53 Å². The summed E-state index contributed by atoms with van der Waals surface area (Å²) in [6.07, 6.45) is 2.86. The van der Waals surface area contributed by atoms with Gasteiger partial charge in [0.25, 0.3) is 5.56 Å². The van der Waals surface area contributed by atoms with Crippen molar-refractivity contribution in [1.82, 2.24) is 4.57 Å². The van der Waals surface area contributed by atoms with Gasteiger partial charge in [0, 0.05) is 0 Å². The lowest BCUT2D eigenvalue weighted by atomic mass is 9.96. The Morgan fingerprint density at radius 1 is 1.17 bits per heavy atom. The first-order valence-corrected chi connectivity index (χ1v) is 12.1. The Morgan fingerprint density at radius 3 is 2.64 bits per heavy atom. The number of rotatable bonds is 5. The lowest BCUT2D eigenvalue weighted by Gasteiger charge is -2.24. The highest BCUT2D eigenvalue weighted by Gasteiger charge is 2.33. The van der Waals surface area contributed by atoms with Crippen LogP contribution in [0.2, 0.25) is 0 Å². The van der Waals surface area contributed by atoms with Crippen molar-refractivity contribution in [3.63, 3.8) is 0 Å². The molecule has 3 heterocycles. The van der Waals surface area contributed by atoms with Crippen LogP contribution in [0, 0.1) is 0 Å². The summed E-state index contributed by atoms with van der Waals surface area (Å²) in [6.45, 7) is 3.63. The van der Waals surface area contributed by atoms with Crippen molar-refractivity contribution in [1.29, 1.82) is 0 Å². The molecule has 0 saturated heterocycles. The second-order valence-corrected chi connectivity index (χ2v) is 9.10. The van der Waals surface area contributed by atoms with Crippen LogP contribution in [0.1, 0.15) is 31.0 Å². The Labute approximate surface area is 209 Å². The SMILES string of the molecule is CCOC(=O)C1=C(C)N=c2sc(=Cc3coc4ccccc4c3=O)c(=O)n2C1c1ccc(OC)cc1. The molecule has 2 aromatic heterocycles. The molecule has 0 radical (unpaired) electrons. The summed E-state index contributed by atoms with van der Waals surface area (Å²) < 4.78 is 17.9. The molecule has 0 N–H and O–H groups in total. The van der Waals surface area contributed by atoms with Crippen LogP contribution in [0.5, 0.6) is 5.75 Å². The van der Waals surface area contributed by atoms with Crippen LogP contribution in [0.15, 0.2) is 85.1 Å². The second kappa shape index (κ2) is 9.43. The van der Waals surface area contributed by atoms with E-state index in [1.807, 2.05) is 0 Å². The van der Waals surface area contributed by atoms with E-state index < -0.39 is 12.0 Å². The van der Waals surface area contributed by atoms with Crippen LogP contribution in [0.3, 0.4) is 0 Å². The van der Waals surface area contributed by atoms with E-state index in [9.17, 15) is 14.4 Å². The predicted molar refractivity (Wildman–Crippen MR) is 136 cm³/mol. The highest BCUT2D eigenvalue weighted by Crippen LogP contribution is 2.31. The summed E-state index contributed by atoms with van der Waals surface area (Å²) in [4.78, 5) is 44.6. The van der Waals surface area contributed by atoms with Crippen molar-refractivity contribution < 1.29 is 18.7 Å². The molecular weight excluding hydrogens is 480 g/mol. The number of fused-ring (bicyclic) bond motifs is 2. The van der Waals surface area contributed by atoms with Crippen LogP contribution in [0.25, 0.3) is 17.0 Å². The van der Waals surface area contributed by atoms with Gasteiger partial charge >= 0.3 is 5.97 Å². The maximum absolute atomic E-state index is 13.7. The molecule has 182 valence electrons. The number of aromatic nitrogens is 1. The fourth-order valence-electron chi connectivity index (χ4n) is 4.23. The molecule has 1 aliphatic heterocycles. The second-order valence-electron chi connectivity index (χ2n) is 8.09. The van der Waals surface area contributed by atoms with Gasteiger partial charge in [-0.1, -0.05) is 35.6 Å². The van der Waals surface area contributed by atoms with Gasteiger partial charge in [0.2, 0.25) is 0 Å². The first kappa shape index (κ1) is 23.5. The van der Waals surface area contributed by atoms with Crippen molar-refractivity contribution in [2.45, 2.75) is 19.9 Å². The summed E-state index contributed by atoms with van der Waals surface area (Å²) in [6, 6.07) is 13.3. The molecule has 0 fully saturated rings. The van der Waals surface area contributed by atoms with Gasteiger partial charge in [-0.05, 0) is 49.8 Å². The third-order valence-electron chi connectivity index (χ3n) is 5.94. The van der Waals surface area contributed by atoms with E-state index >= 15 is 0 Å². The van der Waals surface area contributed by atoms with Gasteiger partial charge in [-0.2, -0.15) is 0 Å². The van der Waals surface area contributed by atoms with Crippen LogP contribution < -0.4 is 25.1 Å². The first-order chi connectivity index (χ1) is 17.4. The quantitative estimate of drug-likeness (QED) is 0.389. The van der Waals surface area contributed by atoms with Gasteiger partial charge in [0.1, 0.15) is 17.6 Å². The van der Waals surface area contributed by atoms with Crippen molar-refractivity contribution in [2.24, 2.45) is 4.99 Å². The monoisotopic (exact) mass is 502 g/mol. The van der Waals surface area contributed by atoms with Crippen LogP contribution in [0.4, 0.5) is 0 Å². The maximum atomic E-state index is 13.7. The number of ether oxygens (including phenoxy) is 2. The van der Waals surface area contributed by atoms with Crippen LogP contribution >= 0.6 is 11.3 Å². The first-order valence-electron chi connectivity index (χ1n) is 11.3. The molecule has 0 bridgehead atoms. The number of carbonyl (C=O) groups excluding carboxylic acids is 1. The zero-order valence-corrected chi connectivity index (χ0v) is 20.6. The Kier molecular flexibility index (Phi) is 6.15. The lowest BCUT2D eigenvalue weighted by Crippen LogP contribution is -2.40. The Hall–Kier alpha value is -4.24. The third-order valence-corrected chi connectivity index (χ3v) is 6.92. The van der Waals surface area contributed by atoms with Crippen molar-refractivity contribution in [2.75, 3.05) is 13.7 Å². The summed E-state index contributed by atoms with van der Waals surface area (Å²) >= 11 is 1.14. The molecule has 0 aliphatic carbocycles. The number of thiazole rings is 1. The Bertz CT molecular complexity index is 1760. The van der Waals surface area contributed by atoms with Gasteiger partial charge in [-0.3, -0.25) is 14.2 Å². The zero-order chi connectivity index (χ0) is 25.4. The van der Waals surface area contributed by atoms with Crippen molar-refractivity contribution >= 4 is 34.4 Å². The van der Waals surface area contributed by atoms with E-state index in [-0.39, 0.29) is 28.7 Å². The van der Waals surface area contributed by atoms with Crippen molar-refractivity contribution in [3.05, 3.63) is 107 Å². The Morgan fingerprint density at radius 2 is 1.92 bits per heavy atom. The molecule has 9 heteroatoms. The van der Waals surface area contributed by atoms with E-state index in [0.717, 1.165) is 11.3 Å². The minimum absolute atomic E-state index is 0.188. The van der Waals surface area contributed by atoms with E-state index in [1.54, 1.807) is 69.5 Å².